The molecule has 4 nitrogen and oxygen atoms in total. The van der Waals surface area contributed by atoms with Gasteiger partial charge in [0.25, 0.3) is 0 Å². The van der Waals surface area contributed by atoms with E-state index in [1.165, 1.54) is 12.4 Å². The Kier molecular flexibility index (Phi) is 4.01. The predicted molar refractivity (Wildman–Crippen MR) is 67.4 cm³/mol. The number of hydrogen-bond acceptors (Lipinski definition) is 4. The van der Waals surface area contributed by atoms with Crippen LogP contribution in [0.4, 0.5) is 13.2 Å². The number of nitrogens with one attached hydrogen (secondary N) is 1. The van der Waals surface area contributed by atoms with Gasteiger partial charge in [-0.2, -0.15) is 13.2 Å². The minimum atomic E-state index is -4.46. The van der Waals surface area contributed by atoms with Crippen LogP contribution in [0.5, 0.6) is 0 Å². The number of pyridine rings is 2. The summed E-state index contributed by atoms with van der Waals surface area (Å²) in [6.45, 7) is 1.75. The molecule has 20 heavy (non-hydrogen) atoms. The fraction of sp³-hybridized carbons (Fsp3) is 0.231. The molecule has 0 spiro atoms. The molecule has 0 aliphatic carbocycles. The lowest BCUT2D eigenvalue weighted by Crippen LogP contribution is -2.30. The molecule has 1 atom stereocenters. The molecule has 2 aromatic rings. The molecule has 2 aromatic heterocycles. The molecule has 0 bridgehead atoms. The molecule has 0 aliphatic heterocycles. The Hall–Kier alpha value is -1.99. The van der Waals surface area contributed by atoms with E-state index < -0.39 is 17.8 Å². The lowest BCUT2D eigenvalue weighted by Gasteiger charge is -2.21. The third-order valence-corrected chi connectivity index (χ3v) is 2.89. The highest BCUT2D eigenvalue weighted by Gasteiger charge is 2.35. The van der Waals surface area contributed by atoms with Crippen LogP contribution in [0, 0.1) is 6.92 Å². The Morgan fingerprint density at radius 3 is 2.60 bits per heavy atom. The first-order valence-corrected chi connectivity index (χ1v) is 5.83. The van der Waals surface area contributed by atoms with Crippen LogP contribution in [0.25, 0.3) is 0 Å². The van der Waals surface area contributed by atoms with Gasteiger partial charge in [0.2, 0.25) is 0 Å². The molecule has 0 saturated carbocycles. The van der Waals surface area contributed by atoms with E-state index in [0.29, 0.717) is 11.3 Å². The smallest absolute Gasteiger partial charge is 0.271 e. The van der Waals surface area contributed by atoms with Gasteiger partial charge in [0, 0.05) is 29.8 Å². The number of aryl methyl sites for hydroxylation is 1. The summed E-state index contributed by atoms with van der Waals surface area (Å²) in [7, 11) is 0. The fourth-order valence-electron chi connectivity index (χ4n) is 2.01. The van der Waals surface area contributed by atoms with Crippen molar-refractivity contribution in [1.29, 1.82) is 0 Å². The van der Waals surface area contributed by atoms with Gasteiger partial charge in [-0.15, -0.1) is 0 Å². The average molecular weight is 282 g/mol. The highest BCUT2D eigenvalue weighted by molar-refractivity contribution is 5.36. The number of nitrogens with two attached hydrogens (primary N) is 1. The largest absolute Gasteiger partial charge is 0.416 e. The van der Waals surface area contributed by atoms with Gasteiger partial charge in [0.15, 0.2) is 0 Å². The summed E-state index contributed by atoms with van der Waals surface area (Å²) in [6.07, 6.45) is -0.658. The van der Waals surface area contributed by atoms with E-state index in [4.69, 9.17) is 5.84 Å². The maximum Gasteiger partial charge on any atom is 0.416 e. The van der Waals surface area contributed by atoms with Crippen molar-refractivity contribution < 1.29 is 13.2 Å². The molecular weight excluding hydrogens is 269 g/mol. The maximum absolute atomic E-state index is 13.0. The SMILES string of the molecule is Cc1cc(C(NN)c2cnccc2C(F)(F)F)ccn1. The first kappa shape index (κ1) is 14.4. The normalized spacial score (nSPS) is 13.2. The molecule has 0 radical (unpaired) electrons. The van der Waals surface area contributed by atoms with Crippen LogP contribution >= 0.6 is 0 Å². The van der Waals surface area contributed by atoms with Crippen molar-refractivity contribution in [3.05, 3.63) is 59.2 Å². The zero-order chi connectivity index (χ0) is 14.8. The molecule has 106 valence electrons. The Balaban J connectivity index is 2.53. The van der Waals surface area contributed by atoms with E-state index >= 15 is 0 Å². The van der Waals surface area contributed by atoms with Gasteiger partial charge in [-0.05, 0) is 30.7 Å². The fourth-order valence-corrected chi connectivity index (χ4v) is 2.01. The summed E-state index contributed by atoms with van der Waals surface area (Å²) in [5.41, 5.74) is 2.92. The average Bonchev–Trinajstić information content (AvgIpc) is 2.39. The topological polar surface area (TPSA) is 63.8 Å². The zero-order valence-electron chi connectivity index (χ0n) is 10.6. The van der Waals surface area contributed by atoms with Gasteiger partial charge in [-0.25, -0.2) is 5.43 Å². The molecule has 3 N–H and O–H groups in total. The van der Waals surface area contributed by atoms with Crippen LogP contribution in [0.3, 0.4) is 0 Å². The van der Waals surface area contributed by atoms with Gasteiger partial charge in [-0.1, -0.05) is 0 Å². The van der Waals surface area contributed by atoms with E-state index in [9.17, 15) is 13.2 Å². The summed E-state index contributed by atoms with van der Waals surface area (Å²) in [5.74, 6) is 5.43. The summed E-state index contributed by atoms with van der Waals surface area (Å²) < 4.78 is 39.1. The van der Waals surface area contributed by atoms with Crippen molar-refractivity contribution in [1.82, 2.24) is 15.4 Å². The van der Waals surface area contributed by atoms with Gasteiger partial charge in [0.05, 0.1) is 11.6 Å². The Labute approximate surface area is 113 Å². The molecule has 1 unspecified atom stereocenters. The third-order valence-electron chi connectivity index (χ3n) is 2.89. The molecule has 0 saturated heterocycles. The van der Waals surface area contributed by atoms with Crippen LogP contribution in [-0.4, -0.2) is 9.97 Å². The van der Waals surface area contributed by atoms with Crippen LogP contribution in [0.15, 0.2) is 36.8 Å². The van der Waals surface area contributed by atoms with E-state index in [2.05, 4.69) is 15.4 Å². The first-order chi connectivity index (χ1) is 9.43. The minimum absolute atomic E-state index is 0.0203. The maximum atomic E-state index is 13.0. The molecule has 2 heterocycles. The second-order valence-electron chi connectivity index (χ2n) is 4.29. The second kappa shape index (κ2) is 5.56. The zero-order valence-corrected chi connectivity index (χ0v) is 10.6. The number of hydrazine groups is 1. The Bertz CT molecular complexity index is 598. The van der Waals surface area contributed by atoms with E-state index in [0.717, 1.165) is 12.3 Å². The Morgan fingerprint density at radius 1 is 1.25 bits per heavy atom. The third kappa shape index (κ3) is 2.94. The Morgan fingerprint density at radius 2 is 2.00 bits per heavy atom. The van der Waals surface area contributed by atoms with E-state index in [1.807, 2.05) is 0 Å². The summed E-state index contributed by atoms with van der Waals surface area (Å²) in [5, 5.41) is 0. The number of nitrogens with zero attached hydrogens (tertiary/aromatic N) is 2. The molecule has 0 aliphatic rings. The van der Waals surface area contributed by atoms with Crippen LogP contribution in [0.2, 0.25) is 0 Å². The highest BCUT2D eigenvalue weighted by Crippen LogP contribution is 2.35. The van der Waals surface area contributed by atoms with Crippen molar-refractivity contribution >= 4 is 0 Å². The number of hydrogen-bond donors (Lipinski definition) is 2. The molecule has 0 fully saturated rings. The van der Waals surface area contributed by atoms with Gasteiger partial charge >= 0.3 is 6.18 Å². The molecule has 0 aromatic carbocycles. The predicted octanol–water partition coefficient (Wildman–Crippen LogP) is 2.36. The van der Waals surface area contributed by atoms with Crippen molar-refractivity contribution in [2.45, 2.75) is 19.1 Å². The van der Waals surface area contributed by atoms with E-state index in [1.54, 1.807) is 19.1 Å². The van der Waals surface area contributed by atoms with Gasteiger partial charge in [0.1, 0.15) is 0 Å². The van der Waals surface area contributed by atoms with Crippen molar-refractivity contribution in [3.63, 3.8) is 0 Å². The second-order valence-corrected chi connectivity index (χ2v) is 4.29. The van der Waals surface area contributed by atoms with Crippen molar-refractivity contribution in [2.75, 3.05) is 0 Å². The molecular formula is C13H13F3N4. The number of rotatable bonds is 3. The quantitative estimate of drug-likeness (QED) is 0.670. The molecule has 2 rings (SSSR count). The number of halogens is 3. The summed E-state index contributed by atoms with van der Waals surface area (Å²) in [6, 6.07) is 3.43. The van der Waals surface area contributed by atoms with Gasteiger partial charge < -0.3 is 0 Å². The monoisotopic (exact) mass is 282 g/mol. The highest BCUT2D eigenvalue weighted by atomic mass is 19.4. The number of alkyl halides is 3. The van der Waals surface area contributed by atoms with E-state index in [-0.39, 0.29) is 5.56 Å². The minimum Gasteiger partial charge on any atom is -0.271 e. The van der Waals surface area contributed by atoms with Crippen molar-refractivity contribution in [2.24, 2.45) is 5.84 Å². The van der Waals surface area contributed by atoms with Crippen LogP contribution < -0.4 is 11.3 Å². The van der Waals surface area contributed by atoms with Gasteiger partial charge in [-0.3, -0.25) is 15.8 Å². The standard InChI is InChI=1S/C13H13F3N4/c1-8-6-9(2-5-19-8)12(20-17)10-7-18-4-3-11(10)13(14,15)16/h2-7,12,20H,17H2,1H3. The first-order valence-electron chi connectivity index (χ1n) is 5.83. The molecule has 7 heteroatoms. The summed E-state index contributed by atoms with van der Waals surface area (Å²) in [4.78, 5) is 7.78. The van der Waals surface area contributed by atoms with Crippen LogP contribution in [-0.2, 0) is 6.18 Å². The lowest BCUT2D eigenvalue weighted by molar-refractivity contribution is -0.138. The van der Waals surface area contributed by atoms with Crippen LogP contribution in [0.1, 0.15) is 28.4 Å². The lowest BCUT2D eigenvalue weighted by atomic mass is 9.96. The van der Waals surface area contributed by atoms with Crippen molar-refractivity contribution in [3.8, 4) is 0 Å². The number of aromatic nitrogens is 2. The summed E-state index contributed by atoms with van der Waals surface area (Å²) >= 11 is 0. The molecule has 0 amide bonds.